The largest absolute Gasteiger partial charge is 0.462 e. The molecule has 0 radical (unpaired) electrons. The van der Waals surface area contributed by atoms with E-state index >= 15 is 0 Å². The van der Waals surface area contributed by atoms with E-state index in [4.69, 9.17) is 14.2 Å². The topological polar surface area (TPSA) is 78.9 Å². The summed E-state index contributed by atoms with van der Waals surface area (Å²) in [6.07, 6.45) is 67.7. The van der Waals surface area contributed by atoms with E-state index in [1.165, 1.54) is 38.5 Å². The van der Waals surface area contributed by atoms with Crippen molar-refractivity contribution < 1.29 is 28.6 Å². The van der Waals surface area contributed by atoms with Gasteiger partial charge in [-0.15, -0.1) is 0 Å². The molecule has 63 heavy (non-hydrogen) atoms. The van der Waals surface area contributed by atoms with Crippen LogP contribution in [-0.2, 0) is 28.6 Å². The van der Waals surface area contributed by atoms with E-state index in [9.17, 15) is 14.4 Å². The van der Waals surface area contributed by atoms with E-state index in [0.717, 1.165) is 135 Å². The molecule has 0 atom stereocenters. The van der Waals surface area contributed by atoms with Gasteiger partial charge in [0.2, 0.25) is 0 Å². The molecule has 0 fully saturated rings. The molecule has 0 rings (SSSR count). The summed E-state index contributed by atoms with van der Waals surface area (Å²) in [7, 11) is 0. The summed E-state index contributed by atoms with van der Waals surface area (Å²) < 4.78 is 16.7. The summed E-state index contributed by atoms with van der Waals surface area (Å²) in [4.78, 5) is 38.0. The molecular weight excluding hydrogens is 781 g/mol. The molecule has 0 aromatic rings. The molecule has 0 aliphatic carbocycles. The number of allylic oxidation sites excluding steroid dienone is 18. The number of ether oxygens (including phenoxy) is 3. The van der Waals surface area contributed by atoms with Crippen LogP contribution >= 0.6 is 0 Å². The summed E-state index contributed by atoms with van der Waals surface area (Å²) in [5.74, 6) is -0.971. The van der Waals surface area contributed by atoms with Crippen LogP contribution in [0.4, 0.5) is 0 Å². The van der Waals surface area contributed by atoms with Crippen molar-refractivity contribution in [3.63, 3.8) is 0 Å². The maximum atomic E-state index is 12.8. The van der Waals surface area contributed by atoms with Crippen molar-refractivity contribution in [1.29, 1.82) is 0 Å². The van der Waals surface area contributed by atoms with Crippen molar-refractivity contribution in [3.8, 4) is 0 Å². The Bertz CT molecular complexity index is 1260. The molecule has 356 valence electrons. The van der Waals surface area contributed by atoms with E-state index in [1.807, 2.05) is 0 Å². The molecule has 0 heterocycles. The number of esters is 3. The molecule has 0 amide bonds. The normalized spacial score (nSPS) is 12.6. The highest BCUT2D eigenvalue weighted by Gasteiger charge is 2.19. The Morgan fingerprint density at radius 3 is 0.873 bits per heavy atom. The highest BCUT2D eigenvalue weighted by molar-refractivity contribution is 5.71. The van der Waals surface area contributed by atoms with Gasteiger partial charge < -0.3 is 14.2 Å². The zero-order valence-electron chi connectivity index (χ0n) is 40.5. The minimum atomic E-state index is -0.807. The zero-order chi connectivity index (χ0) is 45.8. The zero-order valence-corrected chi connectivity index (χ0v) is 40.5. The molecule has 0 aromatic carbocycles. The lowest BCUT2D eigenvalue weighted by molar-refractivity contribution is -0.167. The van der Waals surface area contributed by atoms with E-state index in [2.05, 4.69) is 130 Å². The Morgan fingerprint density at radius 1 is 0.317 bits per heavy atom. The van der Waals surface area contributed by atoms with Crippen molar-refractivity contribution in [2.24, 2.45) is 0 Å². The Balaban J connectivity index is 4.53. The summed E-state index contributed by atoms with van der Waals surface area (Å²) in [5.41, 5.74) is 0. The van der Waals surface area contributed by atoms with Crippen LogP contribution in [0.5, 0.6) is 0 Å². The minimum absolute atomic E-state index is 0.106. The minimum Gasteiger partial charge on any atom is -0.462 e. The van der Waals surface area contributed by atoms with Gasteiger partial charge in [0.15, 0.2) is 6.10 Å². The fourth-order valence-electron chi connectivity index (χ4n) is 6.46. The first-order valence-electron chi connectivity index (χ1n) is 25.5. The van der Waals surface area contributed by atoms with Gasteiger partial charge in [0.25, 0.3) is 0 Å². The lowest BCUT2D eigenvalue weighted by Gasteiger charge is -2.18. The fraction of sp³-hybridized carbons (Fsp3) is 0.632. The second kappa shape index (κ2) is 50.7. The lowest BCUT2D eigenvalue weighted by Crippen LogP contribution is -2.30. The molecule has 6 heteroatoms. The van der Waals surface area contributed by atoms with Crippen molar-refractivity contribution in [2.45, 2.75) is 219 Å². The third-order valence-corrected chi connectivity index (χ3v) is 10.4. The number of carbonyl (C=O) groups excluding carboxylic acids is 3. The molecule has 6 nitrogen and oxygen atoms in total. The smallest absolute Gasteiger partial charge is 0.306 e. The molecule has 0 aliphatic heterocycles. The van der Waals surface area contributed by atoms with Gasteiger partial charge in [-0.25, -0.2) is 0 Å². The van der Waals surface area contributed by atoms with Crippen LogP contribution in [-0.4, -0.2) is 37.2 Å². The van der Waals surface area contributed by atoms with Crippen LogP contribution < -0.4 is 0 Å². The number of carbonyl (C=O) groups is 3. The summed E-state index contributed by atoms with van der Waals surface area (Å²) in [6.45, 7) is 6.41. The molecule has 0 N–H and O–H groups in total. The van der Waals surface area contributed by atoms with E-state index in [-0.39, 0.29) is 31.1 Å². The number of rotatable bonds is 44. The van der Waals surface area contributed by atoms with Gasteiger partial charge in [0.05, 0.1) is 0 Å². The first-order chi connectivity index (χ1) is 31.0. The second-order valence-electron chi connectivity index (χ2n) is 16.5. The van der Waals surface area contributed by atoms with Crippen LogP contribution in [0.15, 0.2) is 109 Å². The predicted octanol–water partition coefficient (Wildman–Crippen LogP) is 16.8. The number of unbranched alkanes of at least 4 members (excludes halogenated alkanes) is 21. The standard InChI is InChI=1S/C57H92O6/c1-4-7-10-13-16-19-22-25-28-31-34-37-40-43-46-49-55(58)61-52-54(63-57(60)51-48-45-42-39-36-33-30-27-24-21-18-15-12-9-6-3)53-62-56(59)50-47-44-41-38-35-32-29-26-23-20-17-14-11-8-5-2/h13-30,54H,4-12,31-53H2,1-3H3/b16-13+,17-14+,18-15+,22-19+,23-20+,24-21+,28-25+,29-26+,30-27+. The van der Waals surface area contributed by atoms with E-state index < -0.39 is 6.10 Å². The average Bonchev–Trinajstić information content (AvgIpc) is 3.28. The summed E-state index contributed by atoms with van der Waals surface area (Å²) >= 11 is 0. The molecule has 0 aliphatic rings. The van der Waals surface area contributed by atoms with Crippen molar-refractivity contribution in [1.82, 2.24) is 0 Å². The maximum Gasteiger partial charge on any atom is 0.306 e. The Morgan fingerprint density at radius 2 is 0.571 bits per heavy atom. The van der Waals surface area contributed by atoms with Gasteiger partial charge in [-0.2, -0.15) is 0 Å². The van der Waals surface area contributed by atoms with Crippen LogP contribution in [0, 0.1) is 0 Å². The van der Waals surface area contributed by atoms with Gasteiger partial charge in [-0.1, -0.05) is 226 Å². The van der Waals surface area contributed by atoms with Gasteiger partial charge in [0, 0.05) is 19.3 Å². The third kappa shape index (κ3) is 49.0. The molecular formula is C57H92O6. The third-order valence-electron chi connectivity index (χ3n) is 10.4. The van der Waals surface area contributed by atoms with Crippen LogP contribution in [0.25, 0.3) is 0 Å². The second-order valence-corrected chi connectivity index (χ2v) is 16.5. The molecule has 0 saturated carbocycles. The van der Waals surface area contributed by atoms with Crippen molar-refractivity contribution >= 4 is 17.9 Å². The van der Waals surface area contributed by atoms with Crippen molar-refractivity contribution in [2.75, 3.05) is 13.2 Å². The van der Waals surface area contributed by atoms with Gasteiger partial charge in [-0.3, -0.25) is 14.4 Å². The highest BCUT2D eigenvalue weighted by Crippen LogP contribution is 2.13. The van der Waals surface area contributed by atoms with Gasteiger partial charge in [0.1, 0.15) is 13.2 Å². The summed E-state index contributed by atoms with van der Waals surface area (Å²) in [5, 5.41) is 0. The predicted molar refractivity (Wildman–Crippen MR) is 270 cm³/mol. The van der Waals surface area contributed by atoms with Crippen LogP contribution in [0.1, 0.15) is 213 Å². The monoisotopic (exact) mass is 873 g/mol. The number of hydrogen-bond acceptors (Lipinski definition) is 6. The molecule has 0 saturated heterocycles. The SMILES string of the molecule is CCCC/C=C/C=C/C=C/CCCCCCCC(=O)OCC(COC(=O)CCCCCCC/C=C/C=C/C=C/CCCC)OC(=O)CCCCCCC/C=C/C=C/C=C/CCCC. The Labute approximate surface area is 387 Å². The highest BCUT2D eigenvalue weighted by atomic mass is 16.6. The van der Waals surface area contributed by atoms with E-state index in [0.29, 0.717) is 19.3 Å². The average molecular weight is 873 g/mol. The van der Waals surface area contributed by atoms with Gasteiger partial charge in [-0.05, 0) is 77.0 Å². The lowest BCUT2D eigenvalue weighted by atomic mass is 10.1. The quantitative estimate of drug-likeness (QED) is 0.0263. The Hall–Kier alpha value is -3.93. The molecule has 0 unspecified atom stereocenters. The number of hydrogen-bond donors (Lipinski definition) is 0. The molecule has 0 aromatic heterocycles. The van der Waals surface area contributed by atoms with Crippen LogP contribution in [0.2, 0.25) is 0 Å². The Kier molecular flexibility index (Phi) is 47.5. The molecule has 0 bridgehead atoms. The maximum absolute atomic E-state index is 12.8. The fourth-order valence-corrected chi connectivity index (χ4v) is 6.46. The van der Waals surface area contributed by atoms with Gasteiger partial charge >= 0.3 is 17.9 Å². The van der Waals surface area contributed by atoms with Crippen LogP contribution in [0.3, 0.4) is 0 Å². The molecule has 0 spiro atoms. The summed E-state index contributed by atoms with van der Waals surface area (Å²) in [6, 6.07) is 0. The van der Waals surface area contributed by atoms with E-state index in [1.54, 1.807) is 0 Å². The first kappa shape index (κ1) is 59.1. The first-order valence-corrected chi connectivity index (χ1v) is 25.5. The van der Waals surface area contributed by atoms with Crippen molar-refractivity contribution in [3.05, 3.63) is 109 Å².